The second-order valence-electron chi connectivity index (χ2n) is 3.70. The fraction of sp³-hybridized carbons (Fsp3) is 0.333. The zero-order valence-corrected chi connectivity index (χ0v) is 9.91. The summed E-state index contributed by atoms with van der Waals surface area (Å²) in [4.78, 5) is 22.8. The number of nitrogens with one attached hydrogen (secondary N) is 1. The number of carbonyl (C=O) groups is 2. The molecule has 5 heteroatoms. The summed E-state index contributed by atoms with van der Waals surface area (Å²) in [6.07, 6.45) is 0. The van der Waals surface area contributed by atoms with E-state index < -0.39 is 23.7 Å². The Kier molecular flexibility index (Phi) is 4.20. The molecule has 1 N–H and O–H groups in total. The first-order valence-electron chi connectivity index (χ1n) is 5.10. The van der Waals surface area contributed by atoms with E-state index in [2.05, 4.69) is 10.1 Å². The van der Waals surface area contributed by atoms with Crippen LogP contribution in [0.15, 0.2) is 18.2 Å². The SMILES string of the molecule is COC(=O)C(C)NC(=O)c1cc(C)ccc1F. The first-order valence-corrected chi connectivity index (χ1v) is 5.10. The van der Waals surface area contributed by atoms with E-state index in [0.29, 0.717) is 0 Å². The first-order chi connectivity index (χ1) is 7.95. The van der Waals surface area contributed by atoms with Gasteiger partial charge in [-0.25, -0.2) is 9.18 Å². The number of esters is 1. The monoisotopic (exact) mass is 239 g/mol. The van der Waals surface area contributed by atoms with E-state index in [-0.39, 0.29) is 5.56 Å². The van der Waals surface area contributed by atoms with E-state index in [1.54, 1.807) is 13.0 Å². The topological polar surface area (TPSA) is 55.4 Å². The standard InChI is InChI=1S/C12H14FNO3/c1-7-4-5-10(13)9(6-7)11(15)14-8(2)12(16)17-3/h4-6,8H,1-3H3,(H,14,15). The number of ether oxygens (including phenoxy) is 1. The van der Waals surface area contributed by atoms with Crippen LogP contribution in [0, 0.1) is 12.7 Å². The highest BCUT2D eigenvalue weighted by molar-refractivity contribution is 5.97. The van der Waals surface area contributed by atoms with Crippen molar-refractivity contribution in [1.29, 1.82) is 0 Å². The van der Waals surface area contributed by atoms with Crippen molar-refractivity contribution in [2.24, 2.45) is 0 Å². The van der Waals surface area contributed by atoms with Crippen LogP contribution in [0.5, 0.6) is 0 Å². The Morgan fingerprint density at radius 1 is 1.41 bits per heavy atom. The third-order valence-corrected chi connectivity index (χ3v) is 2.27. The van der Waals surface area contributed by atoms with Crippen molar-refractivity contribution in [2.75, 3.05) is 7.11 Å². The molecule has 4 nitrogen and oxygen atoms in total. The van der Waals surface area contributed by atoms with E-state index >= 15 is 0 Å². The van der Waals surface area contributed by atoms with Crippen LogP contribution in [-0.2, 0) is 9.53 Å². The van der Waals surface area contributed by atoms with E-state index in [4.69, 9.17) is 0 Å². The van der Waals surface area contributed by atoms with Gasteiger partial charge >= 0.3 is 5.97 Å². The van der Waals surface area contributed by atoms with Gasteiger partial charge < -0.3 is 10.1 Å². The molecule has 0 saturated heterocycles. The third-order valence-electron chi connectivity index (χ3n) is 2.27. The lowest BCUT2D eigenvalue weighted by Gasteiger charge is -2.12. The van der Waals surface area contributed by atoms with Gasteiger partial charge in [-0.05, 0) is 26.0 Å². The number of aryl methyl sites for hydroxylation is 1. The molecule has 92 valence electrons. The van der Waals surface area contributed by atoms with Crippen LogP contribution in [0.1, 0.15) is 22.8 Å². The lowest BCUT2D eigenvalue weighted by atomic mass is 10.1. The Labute approximate surface area is 98.8 Å². The summed E-state index contributed by atoms with van der Waals surface area (Å²) in [6, 6.07) is 3.39. The highest BCUT2D eigenvalue weighted by Gasteiger charge is 2.19. The normalized spacial score (nSPS) is 11.8. The highest BCUT2D eigenvalue weighted by atomic mass is 19.1. The molecule has 0 spiro atoms. The average molecular weight is 239 g/mol. The Bertz CT molecular complexity index is 445. The molecule has 1 aromatic rings. The van der Waals surface area contributed by atoms with Gasteiger partial charge in [0.15, 0.2) is 0 Å². The molecule has 0 aliphatic rings. The molecule has 17 heavy (non-hydrogen) atoms. The molecule has 0 aromatic heterocycles. The summed E-state index contributed by atoms with van der Waals surface area (Å²) >= 11 is 0. The second-order valence-corrected chi connectivity index (χ2v) is 3.70. The van der Waals surface area contributed by atoms with Crippen LogP contribution >= 0.6 is 0 Å². The maximum absolute atomic E-state index is 13.4. The minimum absolute atomic E-state index is 0.0826. The minimum Gasteiger partial charge on any atom is -0.467 e. The van der Waals surface area contributed by atoms with Gasteiger partial charge in [-0.2, -0.15) is 0 Å². The van der Waals surface area contributed by atoms with Crippen molar-refractivity contribution in [3.8, 4) is 0 Å². The molecule has 0 fully saturated rings. The van der Waals surface area contributed by atoms with Gasteiger partial charge in [0, 0.05) is 0 Å². The summed E-state index contributed by atoms with van der Waals surface area (Å²) in [5.74, 6) is -1.83. The van der Waals surface area contributed by atoms with Crippen molar-refractivity contribution < 1.29 is 18.7 Å². The van der Waals surface area contributed by atoms with Gasteiger partial charge in [-0.3, -0.25) is 4.79 Å². The second kappa shape index (κ2) is 5.43. The van der Waals surface area contributed by atoms with E-state index in [1.165, 1.54) is 26.2 Å². The predicted molar refractivity (Wildman–Crippen MR) is 60.1 cm³/mol. The van der Waals surface area contributed by atoms with Crippen molar-refractivity contribution in [3.63, 3.8) is 0 Å². The molecule has 0 heterocycles. The van der Waals surface area contributed by atoms with Crippen LogP contribution in [-0.4, -0.2) is 25.0 Å². The Balaban J connectivity index is 2.83. The summed E-state index contributed by atoms with van der Waals surface area (Å²) in [5.41, 5.74) is 0.683. The number of carbonyl (C=O) groups excluding carboxylic acids is 2. The molecule has 1 aromatic carbocycles. The maximum atomic E-state index is 13.4. The molecule has 1 rings (SSSR count). The molecule has 0 aliphatic heterocycles. The number of methoxy groups -OCH3 is 1. The van der Waals surface area contributed by atoms with Crippen LogP contribution < -0.4 is 5.32 Å². The molecule has 1 atom stereocenters. The smallest absolute Gasteiger partial charge is 0.328 e. The molecular formula is C12H14FNO3. The Morgan fingerprint density at radius 3 is 2.65 bits per heavy atom. The van der Waals surface area contributed by atoms with Crippen molar-refractivity contribution in [3.05, 3.63) is 35.1 Å². The van der Waals surface area contributed by atoms with E-state index in [1.807, 2.05) is 0 Å². The number of rotatable bonds is 3. The van der Waals surface area contributed by atoms with Crippen molar-refractivity contribution >= 4 is 11.9 Å². The van der Waals surface area contributed by atoms with Crippen molar-refractivity contribution in [1.82, 2.24) is 5.32 Å². The lowest BCUT2D eigenvalue weighted by Crippen LogP contribution is -2.39. The Hall–Kier alpha value is -1.91. The number of benzene rings is 1. The predicted octanol–water partition coefficient (Wildman–Crippen LogP) is 1.43. The Morgan fingerprint density at radius 2 is 2.06 bits per heavy atom. The summed E-state index contributed by atoms with van der Waals surface area (Å²) in [6.45, 7) is 3.22. The average Bonchev–Trinajstić information content (AvgIpc) is 2.30. The quantitative estimate of drug-likeness (QED) is 0.812. The number of amides is 1. The molecule has 1 amide bonds. The van der Waals surface area contributed by atoms with Gasteiger partial charge in [-0.1, -0.05) is 11.6 Å². The number of halogens is 1. The third kappa shape index (κ3) is 3.27. The van der Waals surface area contributed by atoms with E-state index in [9.17, 15) is 14.0 Å². The van der Waals surface area contributed by atoms with Crippen LogP contribution in [0.2, 0.25) is 0 Å². The molecule has 0 saturated carbocycles. The number of hydrogen-bond donors (Lipinski definition) is 1. The van der Waals surface area contributed by atoms with Crippen LogP contribution in [0.25, 0.3) is 0 Å². The molecule has 0 radical (unpaired) electrons. The maximum Gasteiger partial charge on any atom is 0.328 e. The van der Waals surface area contributed by atoms with Gasteiger partial charge in [0.25, 0.3) is 5.91 Å². The van der Waals surface area contributed by atoms with Crippen LogP contribution in [0.3, 0.4) is 0 Å². The first kappa shape index (κ1) is 13.2. The van der Waals surface area contributed by atoms with Gasteiger partial charge in [-0.15, -0.1) is 0 Å². The molecular weight excluding hydrogens is 225 g/mol. The summed E-state index contributed by atoms with van der Waals surface area (Å²) in [7, 11) is 1.22. The largest absolute Gasteiger partial charge is 0.467 e. The summed E-state index contributed by atoms with van der Waals surface area (Å²) < 4.78 is 17.8. The van der Waals surface area contributed by atoms with Crippen LogP contribution in [0.4, 0.5) is 4.39 Å². The summed E-state index contributed by atoms with van der Waals surface area (Å²) in [5, 5.41) is 2.36. The van der Waals surface area contributed by atoms with E-state index in [0.717, 1.165) is 5.56 Å². The fourth-order valence-electron chi connectivity index (χ4n) is 1.32. The molecule has 0 aliphatic carbocycles. The zero-order valence-electron chi connectivity index (χ0n) is 9.91. The van der Waals surface area contributed by atoms with Gasteiger partial charge in [0.2, 0.25) is 0 Å². The zero-order chi connectivity index (χ0) is 13.0. The van der Waals surface area contributed by atoms with Crippen molar-refractivity contribution in [2.45, 2.75) is 19.9 Å². The number of hydrogen-bond acceptors (Lipinski definition) is 3. The minimum atomic E-state index is -0.813. The molecule has 0 bridgehead atoms. The highest BCUT2D eigenvalue weighted by Crippen LogP contribution is 2.10. The van der Waals surface area contributed by atoms with Gasteiger partial charge in [0.1, 0.15) is 11.9 Å². The lowest BCUT2D eigenvalue weighted by molar-refractivity contribution is -0.142. The van der Waals surface area contributed by atoms with Gasteiger partial charge in [0.05, 0.1) is 12.7 Å². The fourth-order valence-corrected chi connectivity index (χ4v) is 1.32. The molecule has 1 unspecified atom stereocenters.